The molecular formula is C27H23FN4O3S. The number of carbonyl (C=O) groups is 2. The van der Waals surface area contributed by atoms with Gasteiger partial charge in [0.25, 0.3) is 11.5 Å². The molecule has 0 atom stereocenters. The second kappa shape index (κ2) is 10.3. The number of carbonyl (C=O) groups excluding carboxylic acids is 2. The van der Waals surface area contributed by atoms with Crippen molar-refractivity contribution < 1.29 is 14.0 Å². The number of nitrogens with zero attached hydrogens (tertiary/aromatic N) is 2. The molecule has 0 bridgehead atoms. The fourth-order valence-electron chi connectivity index (χ4n) is 3.72. The maximum Gasteiger partial charge on any atom is 0.262 e. The van der Waals surface area contributed by atoms with E-state index in [-0.39, 0.29) is 35.5 Å². The lowest BCUT2D eigenvalue weighted by molar-refractivity contribution is -0.113. The van der Waals surface area contributed by atoms with Crippen LogP contribution in [-0.2, 0) is 11.3 Å². The molecule has 1 heterocycles. The quantitative estimate of drug-likeness (QED) is 0.278. The molecule has 182 valence electrons. The first-order valence-electron chi connectivity index (χ1n) is 11.5. The van der Waals surface area contributed by atoms with E-state index in [0.29, 0.717) is 21.6 Å². The van der Waals surface area contributed by atoms with E-state index in [4.69, 9.17) is 0 Å². The van der Waals surface area contributed by atoms with Crippen molar-refractivity contribution in [2.24, 2.45) is 0 Å². The summed E-state index contributed by atoms with van der Waals surface area (Å²) in [4.78, 5) is 42.7. The fraction of sp³-hybridized carbons (Fsp3) is 0.185. The van der Waals surface area contributed by atoms with Crippen LogP contribution < -0.4 is 16.2 Å². The molecule has 0 saturated heterocycles. The highest BCUT2D eigenvalue weighted by atomic mass is 32.2. The number of hydrogen-bond acceptors (Lipinski definition) is 5. The Bertz CT molecular complexity index is 1500. The van der Waals surface area contributed by atoms with Gasteiger partial charge < -0.3 is 10.6 Å². The number of halogens is 1. The summed E-state index contributed by atoms with van der Waals surface area (Å²) in [5.74, 6) is -1.10. The van der Waals surface area contributed by atoms with Gasteiger partial charge in [0.05, 0.1) is 28.9 Å². The average Bonchev–Trinajstić information content (AvgIpc) is 3.70. The summed E-state index contributed by atoms with van der Waals surface area (Å²) in [6, 6.07) is 20.3. The number of para-hydroxylation sites is 2. The predicted octanol–water partition coefficient (Wildman–Crippen LogP) is 4.21. The summed E-state index contributed by atoms with van der Waals surface area (Å²) < 4.78 is 15.4. The summed E-state index contributed by atoms with van der Waals surface area (Å²) >= 11 is 1.10. The van der Waals surface area contributed by atoms with Gasteiger partial charge in [0.2, 0.25) is 5.91 Å². The summed E-state index contributed by atoms with van der Waals surface area (Å²) in [6.07, 6.45) is 2.03. The highest BCUT2D eigenvalue weighted by Gasteiger charge is 2.23. The number of amides is 2. The van der Waals surface area contributed by atoms with E-state index < -0.39 is 11.7 Å². The Hall–Kier alpha value is -3.98. The molecule has 3 aromatic carbocycles. The molecule has 1 aliphatic rings. The first kappa shape index (κ1) is 23.7. The van der Waals surface area contributed by atoms with Gasteiger partial charge in [0.15, 0.2) is 5.16 Å². The number of aromatic nitrogens is 2. The van der Waals surface area contributed by atoms with Gasteiger partial charge in [-0.1, -0.05) is 48.2 Å². The third-order valence-corrected chi connectivity index (χ3v) is 6.75. The van der Waals surface area contributed by atoms with E-state index in [1.165, 1.54) is 16.7 Å². The third-order valence-electron chi connectivity index (χ3n) is 5.78. The Balaban J connectivity index is 1.37. The number of rotatable bonds is 8. The fourth-order valence-corrected chi connectivity index (χ4v) is 4.52. The van der Waals surface area contributed by atoms with E-state index >= 15 is 0 Å². The summed E-state index contributed by atoms with van der Waals surface area (Å²) in [7, 11) is 0. The average molecular weight is 503 g/mol. The van der Waals surface area contributed by atoms with E-state index in [1.807, 2.05) is 12.1 Å². The molecule has 2 amide bonds. The zero-order valence-electron chi connectivity index (χ0n) is 19.2. The monoisotopic (exact) mass is 502 g/mol. The SMILES string of the molecule is O=C(CSc1nc2ccccc2c(=O)n1Cc1ccc(C(=O)NC2CC2)cc1)Nc1ccccc1F. The van der Waals surface area contributed by atoms with Gasteiger partial charge in [-0.3, -0.25) is 19.0 Å². The zero-order valence-corrected chi connectivity index (χ0v) is 20.1. The number of hydrogen-bond donors (Lipinski definition) is 2. The molecule has 2 N–H and O–H groups in total. The number of fused-ring (bicyclic) bond motifs is 1. The minimum absolute atomic E-state index is 0.0562. The van der Waals surface area contributed by atoms with Crippen molar-refractivity contribution in [3.63, 3.8) is 0 Å². The third kappa shape index (κ3) is 5.46. The van der Waals surface area contributed by atoms with Crippen LogP contribution in [0.25, 0.3) is 10.9 Å². The number of benzene rings is 3. The molecule has 7 nitrogen and oxygen atoms in total. The summed E-state index contributed by atoms with van der Waals surface area (Å²) in [5.41, 5.74) is 1.78. The molecule has 9 heteroatoms. The standard InChI is InChI=1S/C27H23FN4O3S/c28-21-6-2-4-8-23(21)30-24(33)16-36-27-31-22-7-3-1-5-20(22)26(35)32(27)15-17-9-11-18(12-10-17)25(34)29-19-13-14-19/h1-12,19H,13-16H2,(H,29,34)(H,30,33). The highest BCUT2D eigenvalue weighted by Crippen LogP contribution is 2.21. The van der Waals surface area contributed by atoms with Crippen LogP contribution in [0.2, 0.25) is 0 Å². The molecule has 0 spiro atoms. The van der Waals surface area contributed by atoms with E-state index in [9.17, 15) is 18.8 Å². The van der Waals surface area contributed by atoms with Crippen LogP contribution >= 0.6 is 11.8 Å². The van der Waals surface area contributed by atoms with Gasteiger partial charge in [-0.25, -0.2) is 9.37 Å². The van der Waals surface area contributed by atoms with Crippen LogP contribution in [0.15, 0.2) is 82.7 Å². The largest absolute Gasteiger partial charge is 0.349 e. The van der Waals surface area contributed by atoms with Crippen LogP contribution in [-0.4, -0.2) is 33.2 Å². The van der Waals surface area contributed by atoms with Gasteiger partial charge in [-0.2, -0.15) is 0 Å². The second-order valence-electron chi connectivity index (χ2n) is 8.56. The molecular weight excluding hydrogens is 479 g/mol. The molecule has 0 aliphatic heterocycles. The topological polar surface area (TPSA) is 93.1 Å². The lowest BCUT2D eigenvalue weighted by Crippen LogP contribution is -2.26. The van der Waals surface area contributed by atoms with Crippen molar-refractivity contribution in [1.29, 1.82) is 0 Å². The van der Waals surface area contributed by atoms with Crippen molar-refractivity contribution in [2.75, 3.05) is 11.1 Å². The van der Waals surface area contributed by atoms with E-state index in [0.717, 1.165) is 30.2 Å². The van der Waals surface area contributed by atoms with E-state index in [1.54, 1.807) is 48.5 Å². The Morgan fingerprint density at radius 3 is 2.47 bits per heavy atom. The number of anilines is 1. The lowest BCUT2D eigenvalue weighted by atomic mass is 10.1. The van der Waals surface area contributed by atoms with Gasteiger partial charge in [-0.15, -0.1) is 0 Å². The van der Waals surface area contributed by atoms with Crippen molar-refractivity contribution in [3.05, 3.63) is 100 Å². The Morgan fingerprint density at radius 1 is 1.00 bits per heavy atom. The highest BCUT2D eigenvalue weighted by molar-refractivity contribution is 7.99. The summed E-state index contributed by atoms with van der Waals surface area (Å²) in [5, 5.41) is 6.35. The molecule has 0 unspecified atom stereocenters. The van der Waals surface area contributed by atoms with Crippen LogP contribution in [0.1, 0.15) is 28.8 Å². The molecule has 36 heavy (non-hydrogen) atoms. The Kier molecular flexibility index (Phi) is 6.81. The summed E-state index contributed by atoms with van der Waals surface area (Å²) in [6.45, 7) is 0.221. The van der Waals surface area contributed by atoms with Gasteiger partial charge in [0, 0.05) is 11.6 Å². The Labute approximate surface area is 210 Å². The minimum atomic E-state index is -0.522. The first-order chi connectivity index (χ1) is 17.5. The molecule has 1 aromatic heterocycles. The van der Waals surface area contributed by atoms with Crippen LogP contribution in [0.4, 0.5) is 10.1 Å². The van der Waals surface area contributed by atoms with Gasteiger partial charge in [0.1, 0.15) is 5.82 Å². The number of thioether (sulfide) groups is 1. The van der Waals surface area contributed by atoms with Crippen molar-refractivity contribution >= 4 is 40.2 Å². The maximum absolute atomic E-state index is 13.9. The van der Waals surface area contributed by atoms with Crippen molar-refractivity contribution in [1.82, 2.24) is 14.9 Å². The Morgan fingerprint density at radius 2 is 1.72 bits per heavy atom. The van der Waals surface area contributed by atoms with E-state index in [2.05, 4.69) is 15.6 Å². The molecule has 1 aliphatic carbocycles. The molecule has 0 radical (unpaired) electrons. The van der Waals surface area contributed by atoms with Crippen LogP contribution in [0.5, 0.6) is 0 Å². The molecule has 5 rings (SSSR count). The van der Waals surface area contributed by atoms with Crippen LogP contribution in [0, 0.1) is 5.82 Å². The smallest absolute Gasteiger partial charge is 0.262 e. The number of nitrogens with one attached hydrogen (secondary N) is 2. The zero-order chi connectivity index (χ0) is 25.1. The van der Waals surface area contributed by atoms with Crippen molar-refractivity contribution in [3.8, 4) is 0 Å². The molecule has 4 aromatic rings. The van der Waals surface area contributed by atoms with Crippen LogP contribution in [0.3, 0.4) is 0 Å². The predicted molar refractivity (Wildman–Crippen MR) is 138 cm³/mol. The minimum Gasteiger partial charge on any atom is -0.349 e. The molecule has 1 saturated carbocycles. The lowest BCUT2D eigenvalue weighted by Gasteiger charge is -2.14. The normalized spacial score (nSPS) is 12.9. The molecule has 1 fully saturated rings. The first-order valence-corrected chi connectivity index (χ1v) is 12.5. The van der Waals surface area contributed by atoms with Gasteiger partial charge >= 0.3 is 0 Å². The van der Waals surface area contributed by atoms with Gasteiger partial charge in [-0.05, 0) is 54.8 Å². The van der Waals surface area contributed by atoms with Crippen molar-refractivity contribution in [2.45, 2.75) is 30.6 Å². The second-order valence-corrected chi connectivity index (χ2v) is 9.51. The maximum atomic E-state index is 13.9.